The van der Waals surface area contributed by atoms with E-state index in [1.54, 1.807) is 18.5 Å². The first-order chi connectivity index (χ1) is 13.6. The second-order valence-electron chi connectivity index (χ2n) is 6.35. The van der Waals surface area contributed by atoms with Gasteiger partial charge in [0.05, 0.1) is 17.1 Å². The Labute approximate surface area is 167 Å². The van der Waals surface area contributed by atoms with Gasteiger partial charge in [-0.2, -0.15) is 0 Å². The molecule has 0 saturated carbocycles. The summed E-state index contributed by atoms with van der Waals surface area (Å²) in [6, 6.07) is 9.26. The molecule has 3 aromatic heterocycles. The van der Waals surface area contributed by atoms with Gasteiger partial charge in [0.1, 0.15) is 17.2 Å². The quantitative estimate of drug-likeness (QED) is 0.562. The molecule has 0 aliphatic heterocycles. The molecule has 0 bridgehead atoms. The Morgan fingerprint density at radius 1 is 1.25 bits per heavy atom. The van der Waals surface area contributed by atoms with Crippen LogP contribution in [0.1, 0.15) is 23.1 Å². The summed E-state index contributed by atoms with van der Waals surface area (Å²) in [7, 11) is 1.88. The molecule has 0 aliphatic carbocycles. The lowest BCUT2D eigenvalue weighted by Crippen LogP contribution is -2.24. The molecule has 1 aromatic carbocycles. The van der Waals surface area contributed by atoms with Gasteiger partial charge in [-0.3, -0.25) is 4.79 Å². The summed E-state index contributed by atoms with van der Waals surface area (Å²) in [4.78, 5) is 25.9. The molecule has 0 spiro atoms. The lowest BCUT2D eigenvalue weighted by atomic mass is 10.2. The third kappa shape index (κ3) is 3.25. The van der Waals surface area contributed by atoms with Crippen molar-refractivity contribution in [3.63, 3.8) is 0 Å². The molecule has 0 unspecified atom stereocenters. The number of amides is 1. The van der Waals surface area contributed by atoms with Crippen molar-refractivity contribution in [2.45, 2.75) is 20.0 Å². The van der Waals surface area contributed by atoms with Crippen molar-refractivity contribution >= 4 is 28.7 Å². The number of imidazole rings is 2. The maximum atomic E-state index is 12.6. The van der Waals surface area contributed by atoms with E-state index < -0.39 is 0 Å². The van der Waals surface area contributed by atoms with E-state index in [1.165, 1.54) is 0 Å². The molecule has 0 aliphatic rings. The molecule has 3 heterocycles. The second-order valence-corrected chi connectivity index (χ2v) is 6.76. The van der Waals surface area contributed by atoms with Crippen LogP contribution in [0.4, 0.5) is 0 Å². The highest BCUT2D eigenvalue weighted by atomic mass is 35.5. The molecular formula is C20H19ClN6O. The molecule has 0 radical (unpaired) electrons. The fourth-order valence-corrected chi connectivity index (χ4v) is 3.36. The summed E-state index contributed by atoms with van der Waals surface area (Å²) in [5.74, 6) is 1.30. The molecule has 1 amide bonds. The van der Waals surface area contributed by atoms with Gasteiger partial charge in [0.25, 0.3) is 5.91 Å². The molecule has 0 fully saturated rings. The first-order valence-corrected chi connectivity index (χ1v) is 9.32. The van der Waals surface area contributed by atoms with E-state index in [-0.39, 0.29) is 5.91 Å². The molecule has 8 heteroatoms. The number of fused-ring (bicyclic) bond motifs is 1. The molecule has 1 N–H and O–H groups in total. The standard InChI is InChI=1S/C20H19ClN6O/c1-3-27-9-8-22-17(27)12-24-20(28)13-10-16-19(23-11-13)26(2)18(25-16)14-6-4-5-7-15(14)21/h4-11H,3,12H2,1-2H3,(H,24,28). The first kappa shape index (κ1) is 18.2. The predicted octanol–water partition coefficient (Wildman–Crippen LogP) is 3.44. The van der Waals surface area contributed by atoms with Crippen molar-refractivity contribution in [1.82, 2.24) is 29.4 Å². The highest BCUT2D eigenvalue weighted by Crippen LogP contribution is 2.28. The third-order valence-electron chi connectivity index (χ3n) is 4.64. The lowest BCUT2D eigenvalue weighted by Gasteiger charge is -2.07. The Morgan fingerprint density at radius 2 is 2.07 bits per heavy atom. The van der Waals surface area contributed by atoms with E-state index in [0.717, 1.165) is 17.9 Å². The lowest BCUT2D eigenvalue weighted by molar-refractivity contribution is 0.0949. The first-order valence-electron chi connectivity index (χ1n) is 8.94. The van der Waals surface area contributed by atoms with Gasteiger partial charge < -0.3 is 14.5 Å². The number of hydrogen-bond acceptors (Lipinski definition) is 4. The number of aromatic nitrogens is 5. The molecule has 28 heavy (non-hydrogen) atoms. The Bertz CT molecular complexity index is 1160. The zero-order valence-electron chi connectivity index (χ0n) is 15.6. The molecule has 4 rings (SSSR count). The van der Waals surface area contributed by atoms with Crippen molar-refractivity contribution in [3.05, 3.63) is 65.3 Å². The van der Waals surface area contributed by atoms with Crippen LogP contribution < -0.4 is 5.32 Å². The van der Waals surface area contributed by atoms with Crippen LogP contribution in [0.3, 0.4) is 0 Å². The van der Waals surface area contributed by atoms with Gasteiger partial charge in [0.15, 0.2) is 5.65 Å². The van der Waals surface area contributed by atoms with Crippen LogP contribution in [0.15, 0.2) is 48.9 Å². The van der Waals surface area contributed by atoms with Crippen LogP contribution in [-0.2, 0) is 20.1 Å². The number of rotatable bonds is 5. The normalized spacial score (nSPS) is 11.1. The van der Waals surface area contributed by atoms with E-state index >= 15 is 0 Å². The van der Waals surface area contributed by atoms with Gasteiger partial charge in [0.2, 0.25) is 0 Å². The van der Waals surface area contributed by atoms with Crippen LogP contribution in [0, 0.1) is 0 Å². The second kappa shape index (κ2) is 7.44. The van der Waals surface area contributed by atoms with Crippen LogP contribution >= 0.6 is 11.6 Å². The number of carbonyl (C=O) groups is 1. The molecule has 142 valence electrons. The number of pyridine rings is 1. The van der Waals surface area contributed by atoms with E-state index in [9.17, 15) is 4.79 Å². The van der Waals surface area contributed by atoms with Crippen molar-refractivity contribution in [2.75, 3.05) is 0 Å². The minimum atomic E-state index is -0.218. The largest absolute Gasteiger partial charge is 0.345 e. The fourth-order valence-electron chi connectivity index (χ4n) is 3.14. The Balaban J connectivity index is 1.61. The molecule has 0 atom stereocenters. The predicted molar refractivity (Wildman–Crippen MR) is 108 cm³/mol. The molecule has 7 nitrogen and oxygen atoms in total. The number of nitrogens with zero attached hydrogens (tertiary/aromatic N) is 5. The van der Waals surface area contributed by atoms with Gasteiger partial charge in [0, 0.05) is 37.7 Å². The van der Waals surface area contributed by atoms with Gasteiger partial charge in [-0.05, 0) is 25.1 Å². The maximum Gasteiger partial charge on any atom is 0.253 e. The average molecular weight is 395 g/mol. The summed E-state index contributed by atoms with van der Waals surface area (Å²) >= 11 is 6.31. The van der Waals surface area contributed by atoms with Crippen molar-refractivity contribution in [1.29, 1.82) is 0 Å². The average Bonchev–Trinajstić information content (AvgIpc) is 3.30. The minimum Gasteiger partial charge on any atom is -0.345 e. The Hall–Kier alpha value is -3.19. The molecule has 0 saturated heterocycles. The van der Waals surface area contributed by atoms with Gasteiger partial charge >= 0.3 is 0 Å². The van der Waals surface area contributed by atoms with E-state index in [1.807, 2.05) is 53.6 Å². The van der Waals surface area contributed by atoms with E-state index in [4.69, 9.17) is 11.6 Å². The van der Waals surface area contributed by atoms with Crippen LogP contribution in [0.5, 0.6) is 0 Å². The fraction of sp³-hybridized carbons (Fsp3) is 0.200. The smallest absolute Gasteiger partial charge is 0.253 e. The summed E-state index contributed by atoms with van der Waals surface area (Å²) in [5, 5.41) is 3.50. The Kier molecular flexibility index (Phi) is 4.83. The van der Waals surface area contributed by atoms with E-state index in [2.05, 4.69) is 20.3 Å². The highest BCUT2D eigenvalue weighted by molar-refractivity contribution is 6.33. The van der Waals surface area contributed by atoms with Crippen LogP contribution in [-0.4, -0.2) is 30.0 Å². The summed E-state index contributed by atoms with van der Waals surface area (Å²) in [5.41, 5.74) is 2.60. The highest BCUT2D eigenvalue weighted by Gasteiger charge is 2.16. The van der Waals surface area contributed by atoms with Gasteiger partial charge in [-0.1, -0.05) is 23.7 Å². The zero-order chi connectivity index (χ0) is 19.7. The van der Waals surface area contributed by atoms with Crippen LogP contribution in [0.2, 0.25) is 5.02 Å². The van der Waals surface area contributed by atoms with E-state index in [0.29, 0.717) is 34.1 Å². The SMILES string of the molecule is CCn1ccnc1CNC(=O)c1cnc2c(c1)nc(-c1ccccc1Cl)n2C. The number of carbonyl (C=O) groups excluding carboxylic acids is 1. The number of benzene rings is 1. The zero-order valence-corrected chi connectivity index (χ0v) is 16.3. The summed E-state index contributed by atoms with van der Waals surface area (Å²) in [6.07, 6.45) is 5.17. The number of hydrogen-bond donors (Lipinski definition) is 1. The van der Waals surface area contributed by atoms with Gasteiger partial charge in [-0.15, -0.1) is 0 Å². The summed E-state index contributed by atoms with van der Waals surface area (Å²) in [6.45, 7) is 3.19. The van der Waals surface area contributed by atoms with Crippen molar-refractivity contribution < 1.29 is 4.79 Å². The maximum absolute atomic E-state index is 12.6. The van der Waals surface area contributed by atoms with Gasteiger partial charge in [-0.25, -0.2) is 15.0 Å². The molecular weight excluding hydrogens is 376 g/mol. The van der Waals surface area contributed by atoms with Crippen LogP contribution in [0.25, 0.3) is 22.6 Å². The third-order valence-corrected chi connectivity index (χ3v) is 4.96. The topological polar surface area (TPSA) is 77.6 Å². The minimum absolute atomic E-state index is 0.218. The monoisotopic (exact) mass is 394 g/mol. The number of nitrogens with one attached hydrogen (secondary N) is 1. The Morgan fingerprint density at radius 3 is 2.86 bits per heavy atom. The number of halogens is 1. The summed E-state index contributed by atoms with van der Waals surface area (Å²) < 4.78 is 3.85. The van der Waals surface area contributed by atoms with Crippen molar-refractivity contribution in [2.24, 2.45) is 7.05 Å². The van der Waals surface area contributed by atoms with Crippen molar-refractivity contribution in [3.8, 4) is 11.4 Å². The number of aryl methyl sites for hydroxylation is 2. The molecule has 4 aromatic rings.